The monoisotopic (exact) mass is 295 g/mol. The van der Waals surface area contributed by atoms with Gasteiger partial charge in [0.2, 0.25) is 11.8 Å². The van der Waals surface area contributed by atoms with Gasteiger partial charge in [-0.05, 0) is 19.9 Å². The lowest BCUT2D eigenvalue weighted by Gasteiger charge is -2.39. The molecular formula is C14H21N3O4. The van der Waals surface area contributed by atoms with Crippen LogP contribution in [0.3, 0.4) is 0 Å². The average molecular weight is 295 g/mol. The molecule has 0 bridgehead atoms. The Balaban J connectivity index is 1.76. The van der Waals surface area contributed by atoms with Crippen molar-refractivity contribution < 1.29 is 19.1 Å². The van der Waals surface area contributed by atoms with Crippen molar-refractivity contribution in [3.05, 3.63) is 0 Å². The summed E-state index contributed by atoms with van der Waals surface area (Å²) in [5.74, 6) is -0.765. The van der Waals surface area contributed by atoms with E-state index in [2.05, 4.69) is 10.2 Å². The molecule has 2 heterocycles. The number of morpholine rings is 1. The molecule has 2 saturated heterocycles. The van der Waals surface area contributed by atoms with Crippen LogP contribution in [0.1, 0.15) is 25.7 Å². The summed E-state index contributed by atoms with van der Waals surface area (Å²) in [6.07, 6.45) is 2.58. The molecule has 3 fully saturated rings. The van der Waals surface area contributed by atoms with Crippen LogP contribution in [0, 0.1) is 5.41 Å². The van der Waals surface area contributed by atoms with E-state index in [4.69, 9.17) is 4.74 Å². The highest BCUT2D eigenvalue weighted by Crippen LogP contribution is 2.41. The summed E-state index contributed by atoms with van der Waals surface area (Å²) in [4.78, 5) is 40.1. The van der Waals surface area contributed by atoms with E-state index >= 15 is 0 Å². The number of nitrogens with zero attached hydrogens (tertiary/aromatic N) is 2. The van der Waals surface area contributed by atoms with Crippen molar-refractivity contribution >= 4 is 17.8 Å². The van der Waals surface area contributed by atoms with Crippen LogP contribution in [0.4, 0.5) is 4.79 Å². The van der Waals surface area contributed by atoms with E-state index in [1.807, 2.05) is 7.05 Å². The smallest absolute Gasteiger partial charge is 0.330 e. The standard InChI is InChI=1S/C14H21N3O4/c1-16-6-7-21-10(8-16)9-17-12(19)14(4-2-3-5-14)11(18)15-13(17)20/h10H,2-9H2,1H3,(H,15,18,20). The average Bonchev–Trinajstić information content (AvgIpc) is 2.93. The summed E-state index contributed by atoms with van der Waals surface area (Å²) in [7, 11) is 1.98. The third-order valence-corrected chi connectivity index (χ3v) is 4.74. The van der Waals surface area contributed by atoms with Gasteiger partial charge in [-0.15, -0.1) is 0 Å². The number of carbonyl (C=O) groups is 3. The molecule has 7 heteroatoms. The van der Waals surface area contributed by atoms with Gasteiger partial charge in [-0.3, -0.25) is 19.8 Å². The van der Waals surface area contributed by atoms with E-state index in [9.17, 15) is 14.4 Å². The molecule has 1 N–H and O–H groups in total. The predicted molar refractivity (Wildman–Crippen MR) is 73.4 cm³/mol. The van der Waals surface area contributed by atoms with Crippen molar-refractivity contribution in [3.63, 3.8) is 0 Å². The SMILES string of the molecule is CN1CCOC(CN2C(=O)NC(=O)C3(CCCC3)C2=O)C1. The molecular weight excluding hydrogens is 274 g/mol. The lowest BCUT2D eigenvalue weighted by atomic mass is 9.82. The van der Waals surface area contributed by atoms with Crippen molar-refractivity contribution in [3.8, 4) is 0 Å². The zero-order valence-electron chi connectivity index (χ0n) is 12.3. The van der Waals surface area contributed by atoms with Crippen LogP contribution >= 0.6 is 0 Å². The largest absolute Gasteiger partial charge is 0.374 e. The Hall–Kier alpha value is -1.47. The highest BCUT2D eigenvalue weighted by Gasteiger charge is 2.55. The molecule has 1 aliphatic carbocycles. The lowest BCUT2D eigenvalue weighted by molar-refractivity contribution is -0.153. The summed E-state index contributed by atoms with van der Waals surface area (Å²) in [6, 6.07) is -0.612. The molecule has 0 aromatic carbocycles. The van der Waals surface area contributed by atoms with Gasteiger partial charge in [-0.1, -0.05) is 12.8 Å². The van der Waals surface area contributed by atoms with Crippen molar-refractivity contribution in [2.24, 2.45) is 5.41 Å². The number of rotatable bonds is 2. The lowest BCUT2D eigenvalue weighted by Crippen LogP contribution is -2.64. The second-order valence-electron chi connectivity index (χ2n) is 6.22. The Kier molecular flexibility index (Phi) is 3.71. The number of amides is 4. The number of barbiturate groups is 1. The van der Waals surface area contributed by atoms with E-state index in [1.54, 1.807) is 0 Å². The molecule has 3 aliphatic rings. The Morgan fingerprint density at radius 1 is 1.29 bits per heavy atom. The van der Waals surface area contributed by atoms with E-state index < -0.39 is 17.4 Å². The molecule has 2 aliphatic heterocycles. The Morgan fingerprint density at radius 3 is 2.67 bits per heavy atom. The number of imide groups is 2. The molecule has 1 atom stereocenters. The van der Waals surface area contributed by atoms with Gasteiger partial charge in [0.05, 0.1) is 19.3 Å². The maximum atomic E-state index is 12.7. The highest BCUT2D eigenvalue weighted by atomic mass is 16.5. The highest BCUT2D eigenvalue weighted by molar-refractivity contribution is 6.19. The first-order chi connectivity index (χ1) is 10.0. The maximum absolute atomic E-state index is 12.7. The van der Waals surface area contributed by atoms with Gasteiger partial charge in [0.25, 0.3) is 0 Å². The van der Waals surface area contributed by atoms with Gasteiger partial charge in [-0.25, -0.2) is 4.79 Å². The third-order valence-electron chi connectivity index (χ3n) is 4.74. The third kappa shape index (κ3) is 2.44. The molecule has 116 valence electrons. The molecule has 3 rings (SSSR count). The minimum Gasteiger partial charge on any atom is -0.374 e. The number of nitrogens with one attached hydrogen (secondary N) is 1. The Bertz CT molecular complexity index is 473. The fourth-order valence-electron chi connectivity index (χ4n) is 3.50. The second-order valence-corrected chi connectivity index (χ2v) is 6.22. The van der Waals surface area contributed by atoms with Gasteiger partial charge in [0.15, 0.2) is 0 Å². The quantitative estimate of drug-likeness (QED) is 0.723. The second kappa shape index (κ2) is 5.38. The first-order valence-electron chi connectivity index (χ1n) is 7.50. The van der Waals surface area contributed by atoms with Crippen molar-refractivity contribution in [1.29, 1.82) is 0 Å². The number of carbonyl (C=O) groups excluding carboxylic acids is 3. The van der Waals surface area contributed by atoms with E-state index in [-0.39, 0.29) is 18.6 Å². The molecule has 0 aromatic heterocycles. The number of hydrogen-bond acceptors (Lipinski definition) is 5. The van der Waals surface area contributed by atoms with Crippen LogP contribution in [-0.2, 0) is 14.3 Å². The maximum Gasteiger partial charge on any atom is 0.330 e. The molecule has 7 nitrogen and oxygen atoms in total. The molecule has 0 aromatic rings. The molecule has 4 amide bonds. The van der Waals surface area contributed by atoms with Gasteiger partial charge in [0, 0.05) is 13.1 Å². The molecule has 1 saturated carbocycles. The van der Waals surface area contributed by atoms with E-state index in [1.165, 1.54) is 4.90 Å². The molecule has 0 radical (unpaired) electrons. The van der Waals surface area contributed by atoms with Crippen LogP contribution in [0.25, 0.3) is 0 Å². The topological polar surface area (TPSA) is 79.0 Å². The molecule has 1 spiro atoms. The van der Waals surface area contributed by atoms with Crippen LogP contribution in [0.2, 0.25) is 0 Å². The van der Waals surface area contributed by atoms with Crippen molar-refractivity contribution in [2.45, 2.75) is 31.8 Å². The summed E-state index contributed by atoms with van der Waals surface area (Å²) in [5, 5.41) is 2.35. The molecule has 1 unspecified atom stereocenters. The summed E-state index contributed by atoms with van der Waals surface area (Å²) in [5.41, 5.74) is -1.02. The zero-order valence-corrected chi connectivity index (χ0v) is 12.3. The fraction of sp³-hybridized carbons (Fsp3) is 0.786. The zero-order chi connectivity index (χ0) is 15.0. The summed E-state index contributed by atoms with van der Waals surface area (Å²) >= 11 is 0. The van der Waals surface area contributed by atoms with Gasteiger partial charge >= 0.3 is 6.03 Å². The van der Waals surface area contributed by atoms with Crippen LogP contribution < -0.4 is 5.32 Å². The summed E-state index contributed by atoms with van der Waals surface area (Å²) in [6.45, 7) is 2.33. The summed E-state index contributed by atoms with van der Waals surface area (Å²) < 4.78 is 5.63. The predicted octanol–water partition coefficient (Wildman–Crippen LogP) is -0.0442. The first-order valence-corrected chi connectivity index (χ1v) is 7.50. The fourth-order valence-corrected chi connectivity index (χ4v) is 3.50. The Morgan fingerprint density at radius 2 is 2.00 bits per heavy atom. The first kappa shape index (κ1) is 14.5. The number of ether oxygens (including phenoxy) is 1. The minimum absolute atomic E-state index is 0.190. The Labute approximate surface area is 123 Å². The van der Waals surface area contributed by atoms with E-state index in [0.29, 0.717) is 26.0 Å². The van der Waals surface area contributed by atoms with Gasteiger partial charge < -0.3 is 9.64 Å². The van der Waals surface area contributed by atoms with E-state index in [0.717, 1.165) is 19.4 Å². The number of hydrogen-bond donors (Lipinski definition) is 1. The van der Waals surface area contributed by atoms with Crippen molar-refractivity contribution in [2.75, 3.05) is 33.3 Å². The van der Waals surface area contributed by atoms with Crippen LogP contribution in [0.15, 0.2) is 0 Å². The van der Waals surface area contributed by atoms with Crippen LogP contribution in [-0.4, -0.2) is 67.0 Å². The van der Waals surface area contributed by atoms with Crippen molar-refractivity contribution in [1.82, 2.24) is 15.1 Å². The normalized spacial score (nSPS) is 30.0. The minimum atomic E-state index is -1.02. The van der Waals surface area contributed by atoms with Gasteiger partial charge in [-0.2, -0.15) is 0 Å². The molecule has 21 heavy (non-hydrogen) atoms. The number of urea groups is 1. The van der Waals surface area contributed by atoms with Crippen LogP contribution in [0.5, 0.6) is 0 Å². The number of likely N-dealkylation sites (N-methyl/N-ethyl adjacent to an activating group) is 1. The van der Waals surface area contributed by atoms with Gasteiger partial charge in [0.1, 0.15) is 5.41 Å².